The highest BCUT2D eigenvalue weighted by atomic mass is 35.5. The number of amides is 1. The van der Waals surface area contributed by atoms with Crippen LogP contribution in [0.25, 0.3) is 0 Å². The summed E-state index contributed by atoms with van der Waals surface area (Å²) in [6, 6.07) is 10.5. The summed E-state index contributed by atoms with van der Waals surface area (Å²) in [5.41, 5.74) is 1.28. The van der Waals surface area contributed by atoms with E-state index in [1.807, 2.05) is 0 Å². The van der Waals surface area contributed by atoms with Crippen LogP contribution in [-0.2, 0) is 0 Å². The third-order valence-corrected chi connectivity index (χ3v) is 3.76. The molecule has 2 aromatic carbocycles. The fourth-order valence-electron chi connectivity index (χ4n) is 1.96. The molecule has 5 nitrogen and oxygen atoms in total. The molecule has 0 fully saturated rings. The van der Waals surface area contributed by atoms with Crippen LogP contribution >= 0.6 is 23.2 Å². The molecule has 0 atom stereocenters. The summed E-state index contributed by atoms with van der Waals surface area (Å²) >= 11 is 11.9. The van der Waals surface area contributed by atoms with Crippen LogP contribution in [0, 0.1) is 5.82 Å². The molecule has 0 aliphatic carbocycles. The monoisotopic (exact) mass is 376 g/mol. The minimum atomic E-state index is -0.419. The summed E-state index contributed by atoms with van der Waals surface area (Å²) in [7, 11) is 0. The first-order valence-electron chi connectivity index (χ1n) is 7.12. The maximum Gasteiger partial charge on any atom is 0.258 e. The number of hydrogen-bond acceptors (Lipinski definition) is 4. The van der Waals surface area contributed by atoms with E-state index in [4.69, 9.17) is 23.2 Å². The normalized spacial score (nSPS) is 10.4. The SMILES string of the molecule is O=C(Nc1cc(Cl)ccc1Cl)c1cnc(Nc2ccc(F)cc2)nc1. The van der Waals surface area contributed by atoms with Gasteiger partial charge in [0, 0.05) is 23.1 Å². The topological polar surface area (TPSA) is 66.9 Å². The summed E-state index contributed by atoms with van der Waals surface area (Å²) < 4.78 is 12.9. The zero-order valence-electron chi connectivity index (χ0n) is 12.6. The Hall–Kier alpha value is -2.70. The van der Waals surface area contributed by atoms with Gasteiger partial charge in [0.2, 0.25) is 5.95 Å². The van der Waals surface area contributed by atoms with Crippen LogP contribution in [0.5, 0.6) is 0 Å². The second-order valence-electron chi connectivity index (χ2n) is 5.01. The Balaban J connectivity index is 1.70. The average molecular weight is 377 g/mol. The van der Waals surface area contributed by atoms with Gasteiger partial charge in [0.25, 0.3) is 5.91 Å². The molecular formula is C17H11Cl2FN4O. The van der Waals surface area contributed by atoms with Gasteiger partial charge in [-0.15, -0.1) is 0 Å². The third kappa shape index (κ3) is 4.43. The summed E-state index contributed by atoms with van der Waals surface area (Å²) in [4.78, 5) is 20.4. The molecule has 0 radical (unpaired) electrons. The van der Waals surface area contributed by atoms with E-state index < -0.39 is 5.91 Å². The van der Waals surface area contributed by atoms with Crippen molar-refractivity contribution in [3.63, 3.8) is 0 Å². The van der Waals surface area contributed by atoms with Crippen LogP contribution in [0.3, 0.4) is 0 Å². The van der Waals surface area contributed by atoms with Crippen molar-refractivity contribution in [3.8, 4) is 0 Å². The highest BCUT2D eigenvalue weighted by molar-refractivity contribution is 6.35. The average Bonchev–Trinajstić information content (AvgIpc) is 2.61. The Bertz CT molecular complexity index is 902. The van der Waals surface area contributed by atoms with Crippen LogP contribution in [-0.4, -0.2) is 15.9 Å². The predicted molar refractivity (Wildman–Crippen MR) is 96.1 cm³/mol. The molecule has 1 heterocycles. The van der Waals surface area contributed by atoms with Gasteiger partial charge in [0.15, 0.2) is 0 Å². The fourth-order valence-corrected chi connectivity index (χ4v) is 2.30. The van der Waals surface area contributed by atoms with Crippen LogP contribution < -0.4 is 10.6 Å². The standard InChI is InChI=1S/C17H11Cl2FN4O/c18-11-1-6-14(19)15(7-11)24-16(25)10-8-21-17(22-9-10)23-13-4-2-12(20)3-5-13/h1-9H,(H,24,25)(H,21,22,23). The van der Waals surface area contributed by atoms with E-state index in [0.29, 0.717) is 21.4 Å². The van der Waals surface area contributed by atoms with Crippen molar-refractivity contribution in [1.29, 1.82) is 0 Å². The Morgan fingerprint density at radius 1 is 1.00 bits per heavy atom. The zero-order valence-corrected chi connectivity index (χ0v) is 14.1. The van der Waals surface area contributed by atoms with E-state index in [2.05, 4.69) is 20.6 Å². The number of carbonyl (C=O) groups excluding carboxylic acids is 1. The van der Waals surface area contributed by atoms with Gasteiger partial charge in [-0.1, -0.05) is 23.2 Å². The molecule has 0 saturated carbocycles. The van der Waals surface area contributed by atoms with Crippen LogP contribution in [0.4, 0.5) is 21.7 Å². The number of rotatable bonds is 4. The largest absolute Gasteiger partial charge is 0.324 e. The predicted octanol–water partition coefficient (Wildman–Crippen LogP) is 4.92. The molecular weight excluding hydrogens is 366 g/mol. The smallest absolute Gasteiger partial charge is 0.258 e. The number of aromatic nitrogens is 2. The maximum atomic E-state index is 12.9. The molecule has 0 bridgehead atoms. The van der Waals surface area contributed by atoms with E-state index >= 15 is 0 Å². The molecule has 0 spiro atoms. The van der Waals surface area contributed by atoms with E-state index in [1.165, 1.54) is 24.5 Å². The maximum absolute atomic E-state index is 12.9. The molecule has 3 aromatic rings. The first-order chi connectivity index (χ1) is 12.0. The number of anilines is 3. The van der Waals surface area contributed by atoms with E-state index in [1.54, 1.807) is 30.3 Å². The summed E-state index contributed by atoms with van der Waals surface area (Å²) in [5, 5.41) is 6.37. The summed E-state index contributed by atoms with van der Waals surface area (Å²) in [6.07, 6.45) is 2.74. The van der Waals surface area contributed by atoms with Crippen molar-refractivity contribution in [1.82, 2.24) is 9.97 Å². The second-order valence-corrected chi connectivity index (χ2v) is 5.85. The molecule has 1 amide bonds. The molecule has 2 N–H and O–H groups in total. The van der Waals surface area contributed by atoms with Gasteiger partial charge in [0.05, 0.1) is 16.3 Å². The number of hydrogen-bond donors (Lipinski definition) is 2. The van der Waals surface area contributed by atoms with Crippen molar-refractivity contribution < 1.29 is 9.18 Å². The fraction of sp³-hybridized carbons (Fsp3) is 0. The molecule has 0 aliphatic rings. The van der Waals surface area contributed by atoms with Crippen molar-refractivity contribution in [3.05, 3.63) is 76.3 Å². The van der Waals surface area contributed by atoms with E-state index in [0.717, 1.165) is 0 Å². The molecule has 0 aliphatic heterocycles. The van der Waals surface area contributed by atoms with Gasteiger partial charge in [0.1, 0.15) is 5.82 Å². The van der Waals surface area contributed by atoms with Crippen molar-refractivity contribution in [2.45, 2.75) is 0 Å². The first-order valence-corrected chi connectivity index (χ1v) is 7.88. The minimum absolute atomic E-state index is 0.251. The van der Waals surface area contributed by atoms with Gasteiger partial charge in [-0.3, -0.25) is 4.79 Å². The van der Waals surface area contributed by atoms with Crippen LogP contribution in [0.15, 0.2) is 54.9 Å². The zero-order chi connectivity index (χ0) is 17.8. The lowest BCUT2D eigenvalue weighted by Crippen LogP contribution is -2.13. The Kier molecular flexibility index (Phi) is 5.11. The van der Waals surface area contributed by atoms with Gasteiger partial charge >= 0.3 is 0 Å². The highest BCUT2D eigenvalue weighted by Crippen LogP contribution is 2.25. The number of benzene rings is 2. The Labute approximate surface area is 152 Å². The quantitative estimate of drug-likeness (QED) is 0.678. The van der Waals surface area contributed by atoms with E-state index in [9.17, 15) is 9.18 Å². The molecule has 3 rings (SSSR count). The van der Waals surface area contributed by atoms with Gasteiger partial charge in [-0.05, 0) is 42.5 Å². The lowest BCUT2D eigenvalue weighted by Gasteiger charge is -2.08. The van der Waals surface area contributed by atoms with E-state index in [-0.39, 0.29) is 17.3 Å². The van der Waals surface area contributed by atoms with Gasteiger partial charge < -0.3 is 10.6 Å². The highest BCUT2D eigenvalue weighted by Gasteiger charge is 2.10. The number of halogens is 3. The van der Waals surface area contributed by atoms with Gasteiger partial charge in [-0.25, -0.2) is 14.4 Å². The molecule has 0 saturated heterocycles. The molecule has 8 heteroatoms. The summed E-state index contributed by atoms with van der Waals surface area (Å²) in [6.45, 7) is 0. The first kappa shape index (κ1) is 17.1. The lowest BCUT2D eigenvalue weighted by atomic mass is 10.2. The summed E-state index contributed by atoms with van der Waals surface area (Å²) in [5.74, 6) is -0.473. The number of nitrogens with one attached hydrogen (secondary N) is 2. The second kappa shape index (κ2) is 7.46. The minimum Gasteiger partial charge on any atom is -0.324 e. The van der Waals surface area contributed by atoms with Gasteiger partial charge in [-0.2, -0.15) is 0 Å². The Morgan fingerprint density at radius 3 is 2.36 bits per heavy atom. The number of carbonyl (C=O) groups is 1. The Morgan fingerprint density at radius 2 is 1.68 bits per heavy atom. The van der Waals surface area contributed by atoms with Crippen molar-refractivity contribution in [2.75, 3.05) is 10.6 Å². The molecule has 1 aromatic heterocycles. The molecule has 0 unspecified atom stereocenters. The number of nitrogens with zero attached hydrogens (tertiary/aromatic N) is 2. The lowest BCUT2D eigenvalue weighted by molar-refractivity contribution is 0.102. The molecule has 25 heavy (non-hydrogen) atoms. The van der Waals surface area contributed by atoms with Crippen LogP contribution in [0.1, 0.15) is 10.4 Å². The van der Waals surface area contributed by atoms with Crippen molar-refractivity contribution >= 4 is 46.4 Å². The van der Waals surface area contributed by atoms with Crippen LogP contribution in [0.2, 0.25) is 10.0 Å². The third-order valence-electron chi connectivity index (χ3n) is 3.19. The molecule has 126 valence electrons. The van der Waals surface area contributed by atoms with Crippen molar-refractivity contribution in [2.24, 2.45) is 0 Å².